The topological polar surface area (TPSA) is 169 Å². The molecule has 1 aliphatic heterocycles. The number of carbonyl (C=O) groups is 3. The van der Waals surface area contributed by atoms with Crippen LogP contribution in [0.25, 0.3) is 11.0 Å². The molecular formula is C30H44ClN10O4+. The molecule has 0 unspecified atom stereocenters. The molecule has 0 saturated carbocycles. The Morgan fingerprint density at radius 2 is 1.69 bits per heavy atom. The fourth-order valence-electron chi connectivity index (χ4n) is 5.42. The molecule has 4 rings (SSSR count). The highest BCUT2D eigenvalue weighted by atomic mass is 35.5. The highest BCUT2D eigenvalue weighted by Gasteiger charge is 2.32. The average molecular weight is 644 g/mol. The van der Waals surface area contributed by atoms with Crippen molar-refractivity contribution in [2.45, 2.75) is 66.3 Å². The van der Waals surface area contributed by atoms with Crippen molar-refractivity contribution < 1.29 is 23.7 Å². The molecular weight excluding hydrogens is 600 g/mol. The first kappa shape index (κ1) is 33.6. The van der Waals surface area contributed by atoms with Crippen molar-refractivity contribution in [3.8, 4) is 0 Å². The molecule has 0 bridgehead atoms. The van der Waals surface area contributed by atoms with Crippen molar-refractivity contribution in [2.75, 3.05) is 56.6 Å². The van der Waals surface area contributed by atoms with Crippen LogP contribution < -0.4 is 26.3 Å². The number of ether oxygens (including phenoxy) is 1. The SMILES string of the molecule is CCC[n+]1c(CNC(=O)c2nc(Cl)c(N)nc2N)n(CC)c2cc(C(=O)N3CCN(C(=O)OC(C)(C)C)CC3)c(N(C)C)cc21. The normalized spacial score (nSPS) is 13.7. The standard InChI is InChI=1S/C30H43ClN10O4/c1-8-10-41-21-16-19(37(6)7)18(28(43)38-11-13-39(14-12-38)29(44)45-30(3,4)5)15-20(21)40(9-2)22(41)17-34-27(42)23-25(32)36-26(33)24(31)35-23/h15-16H,8-14,17H2,1-7H3,(H4-,32,33,34,36,42)/p+1. The van der Waals surface area contributed by atoms with E-state index in [-0.39, 0.29) is 41.0 Å². The number of aryl methyl sites for hydroxylation is 2. The van der Waals surface area contributed by atoms with Gasteiger partial charge in [-0.1, -0.05) is 18.5 Å². The van der Waals surface area contributed by atoms with Crippen molar-refractivity contribution >= 4 is 57.9 Å². The van der Waals surface area contributed by atoms with Gasteiger partial charge in [0, 0.05) is 52.4 Å². The lowest BCUT2D eigenvalue weighted by Crippen LogP contribution is -2.51. The Labute approximate surface area is 268 Å². The molecule has 3 heterocycles. The molecule has 0 aliphatic carbocycles. The maximum absolute atomic E-state index is 14.0. The van der Waals surface area contributed by atoms with E-state index in [0.717, 1.165) is 29.0 Å². The Morgan fingerprint density at radius 3 is 2.27 bits per heavy atom. The molecule has 15 heteroatoms. The third-order valence-electron chi connectivity index (χ3n) is 7.52. The minimum atomic E-state index is -0.587. The number of nitrogen functional groups attached to an aromatic ring is 2. The molecule has 1 saturated heterocycles. The van der Waals surface area contributed by atoms with Gasteiger partial charge in [-0.15, -0.1) is 0 Å². The van der Waals surface area contributed by atoms with Gasteiger partial charge in [0.25, 0.3) is 17.6 Å². The van der Waals surface area contributed by atoms with Crippen LogP contribution in [-0.2, 0) is 24.4 Å². The van der Waals surface area contributed by atoms with Crippen molar-refractivity contribution in [3.05, 3.63) is 34.4 Å². The summed E-state index contributed by atoms with van der Waals surface area (Å²) in [5.41, 5.74) is 14.0. The third kappa shape index (κ3) is 7.16. The van der Waals surface area contributed by atoms with E-state index in [1.165, 1.54) is 0 Å². The van der Waals surface area contributed by atoms with Crippen LogP contribution >= 0.6 is 11.6 Å². The number of anilines is 3. The van der Waals surface area contributed by atoms with E-state index in [9.17, 15) is 14.4 Å². The minimum Gasteiger partial charge on any atom is -0.444 e. The Kier molecular flexibility index (Phi) is 9.95. The van der Waals surface area contributed by atoms with Crippen LogP contribution in [0.2, 0.25) is 5.15 Å². The number of nitrogens with two attached hydrogens (primary N) is 2. The van der Waals surface area contributed by atoms with Crippen LogP contribution in [-0.4, -0.2) is 88.1 Å². The van der Waals surface area contributed by atoms with Gasteiger partial charge in [-0.2, -0.15) is 0 Å². The summed E-state index contributed by atoms with van der Waals surface area (Å²) in [4.78, 5) is 52.9. The molecule has 14 nitrogen and oxygen atoms in total. The Hall–Kier alpha value is -4.33. The molecule has 2 aromatic heterocycles. The van der Waals surface area contributed by atoms with Crippen molar-refractivity contribution in [3.63, 3.8) is 0 Å². The number of nitrogens with zero attached hydrogens (tertiary/aromatic N) is 7. The second-order valence-corrected chi connectivity index (χ2v) is 12.5. The van der Waals surface area contributed by atoms with Gasteiger partial charge in [-0.05, 0) is 34.1 Å². The van der Waals surface area contributed by atoms with Crippen LogP contribution in [0, 0.1) is 0 Å². The van der Waals surface area contributed by atoms with Crippen LogP contribution in [0.5, 0.6) is 0 Å². The van der Waals surface area contributed by atoms with Crippen molar-refractivity contribution in [1.29, 1.82) is 0 Å². The molecule has 244 valence electrons. The first-order valence-corrected chi connectivity index (χ1v) is 15.4. The summed E-state index contributed by atoms with van der Waals surface area (Å²) < 4.78 is 9.76. The largest absolute Gasteiger partial charge is 0.444 e. The van der Waals surface area contributed by atoms with E-state index >= 15 is 0 Å². The average Bonchev–Trinajstić information content (AvgIpc) is 3.27. The van der Waals surface area contributed by atoms with Gasteiger partial charge >= 0.3 is 6.09 Å². The second-order valence-electron chi connectivity index (χ2n) is 12.1. The summed E-state index contributed by atoms with van der Waals surface area (Å²) in [6.45, 7) is 12.6. The first-order valence-electron chi connectivity index (χ1n) is 15.1. The number of imidazole rings is 1. The number of piperazine rings is 1. The maximum atomic E-state index is 14.0. The molecule has 0 spiro atoms. The Balaban J connectivity index is 1.67. The summed E-state index contributed by atoms with van der Waals surface area (Å²) in [5.74, 6) is 0.0332. The smallest absolute Gasteiger partial charge is 0.410 e. The zero-order valence-electron chi connectivity index (χ0n) is 27.1. The van der Waals surface area contributed by atoms with Crippen molar-refractivity contribution in [1.82, 2.24) is 29.7 Å². The predicted molar refractivity (Wildman–Crippen MR) is 173 cm³/mol. The number of fused-ring (bicyclic) bond motifs is 1. The molecule has 0 radical (unpaired) electrons. The van der Waals surface area contributed by atoms with E-state index < -0.39 is 11.5 Å². The van der Waals surface area contributed by atoms with Crippen molar-refractivity contribution in [2.24, 2.45) is 0 Å². The molecule has 3 aromatic rings. The Morgan fingerprint density at radius 1 is 1.04 bits per heavy atom. The van der Waals surface area contributed by atoms with E-state index in [1.807, 2.05) is 58.8 Å². The third-order valence-corrected chi connectivity index (χ3v) is 7.80. The van der Waals surface area contributed by atoms with Crippen LogP contribution in [0.15, 0.2) is 12.1 Å². The number of amides is 3. The van der Waals surface area contributed by atoms with E-state index in [4.69, 9.17) is 27.8 Å². The summed E-state index contributed by atoms with van der Waals surface area (Å²) in [6.07, 6.45) is 0.473. The highest BCUT2D eigenvalue weighted by molar-refractivity contribution is 6.31. The number of hydrogen-bond acceptors (Lipinski definition) is 9. The van der Waals surface area contributed by atoms with Crippen LogP contribution in [0.3, 0.4) is 0 Å². The van der Waals surface area contributed by atoms with E-state index in [2.05, 4.69) is 31.3 Å². The summed E-state index contributed by atoms with van der Waals surface area (Å²) in [7, 11) is 3.81. The van der Waals surface area contributed by atoms with Crippen LogP contribution in [0.1, 0.15) is 67.7 Å². The minimum absolute atomic E-state index is 0.0513. The number of halogens is 1. The van der Waals surface area contributed by atoms with E-state index in [0.29, 0.717) is 44.8 Å². The van der Waals surface area contributed by atoms with Gasteiger partial charge in [0.1, 0.15) is 12.1 Å². The number of benzene rings is 1. The zero-order valence-corrected chi connectivity index (χ0v) is 27.9. The molecule has 3 amide bonds. The number of hydrogen-bond donors (Lipinski definition) is 3. The maximum Gasteiger partial charge on any atom is 0.410 e. The summed E-state index contributed by atoms with van der Waals surface area (Å²) in [6, 6.07) is 3.95. The van der Waals surface area contributed by atoms with Gasteiger partial charge in [-0.3, -0.25) is 9.59 Å². The molecule has 1 aromatic carbocycles. The lowest BCUT2D eigenvalue weighted by Gasteiger charge is -2.36. The fraction of sp³-hybridized carbons (Fsp3) is 0.533. The van der Waals surface area contributed by atoms with Crippen LogP contribution in [0.4, 0.5) is 22.1 Å². The van der Waals surface area contributed by atoms with Gasteiger partial charge in [0.15, 0.2) is 33.5 Å². The van der Waals surface area contributed by atoms with Gasteiger partial charge < -0.3 is 36.2 Å². The first-order chi connectivity index (χ1) is 21.2. The number of carbonyl (C=O) groups excluding carboxylic acids is 3. The number of rotatable bonds is 8. The van der Waals surface area contributed by atoms with Gasteiger partial charge in [0.05, 0.1) is 24.3 Å². The highest BCUT2D eigenvalue weighted by Crippen LogP contribution is 2.28. The number of aromatic nitrogens is 4. The van der Waals surface area contributed by atoms with E-state index in [1.54, 1.807) is 9.80 Å². The molecule has 1 fully saturated rings. The lowest BCUT2D eigenvalue weighted by atomic mass is 10.1. The monoisotopic (exact) mass is 643 g/mol. The second kappa shape index (κ2) is 13.3. The fourth-order valence-corrected chi connectivity index (χ4v) is 5.55. The zero-order chi connectivity index (χ0) is 33.2. The molecule has 5 N–H and O–H groups in total. The predicted octanol–water partition coefficient (Wildman–Crippen LogP) is 2.66. The lowest BCUT2D eigenvalue weighted by molar-refractivity contribution is -0.680. The molecule has 45 heavy (non-hydrogen) atoms. The Bertz CT molecular complexity index is 1610. The van der Waals surface area contributed by atoms with Gasteiger partial charge in [0.2, 0.25) is 0 Å². The number of nitrogens with one attached hydrogen (secondary N) is 1. The van der Waals surface area contributed by atoms with Gasteiger partial charge in [-0.25, -0.2) is 23.9 Å². The molecule has 1 aliphatic rings. The summed E-state index contributed by atoms with van der Waals surface area (Å²) in [5, 5.41) is 2.80. The molecule has 0 atom stereocenters. The quantitative estimate of drug-likeness (QED) is 0.312. The summed E-state index contributed by atoms with van der Waals surface area (Å²) >= 11 is 6.00.